The Morgan fingerprint density at radius 1 is 1.21 bits per heavy atom. The number of fused-ring (bicyclic) bond motifs is 1. The molecule has 1 aliphatic carbocycles. The molecule has 3 rings (SSSR count). The van der Waals surface area contributed by atoms with Crippen LogP contribution in [0.5, 0.6) is 5.75 Å². The van der Waals surface area contributed by atoms with Gasteiger partial charge in [-0.2, -0.15) is 0 Å². The molecule has 1 aliphatic heterocycles. The van der Waals surface area contributed by atoms with E-state index in [1.165, 1.54) is 25.7 Å². The fraction of sp³-hybridized carbons (Fsp3) is 0.562. The molecule has 19 heavy (non-hydrogen) atoms. The summed E-state index contributed by atoms with van der Waals surface area (Å²) in [5, 5.41) is 12.8. The van der Waals surface area contributed by atoms with Crippen molar-refractivity contribution >= 4 is 5.78 Å². The van der Waals surface area contributed by atoms with E-state index in [1.807, 2.05) is 12.1 Å². The highest BCUT2D eigenvalue weighted by atomic mass is 16.3. The van der Waals surface area contributed by atoms with Crippen molar-refractivity contribution in [2.45, 2.75) is 50.6 Å². The number of phenolic OH excluding ortho intramolecular Hbond substituents is 1. The molecule has 1 aromatic carbocycles. The third-order valence-electron chi connectivity index (χ3n) is 4.57. The molecule has 3 nitrogen and oxygen atoms in total. The van der Waals surface area contributed by atoms with Gasteiger partial charge in [-0.3, -0.25) is 4.79 Å². The molecule has 1 saturated carbocycles. The number of Topliss-reactive ketones (excluding diaryl/α,β-unsaturated/α-hetero) is 1. The Bertz CT molecular complexity index is 440. The van der Waals surface area contributed by atoms with Gasteiger partial charge in [0.15, 0.2) is 5.78 Å². The van der Waals surface area contributed by atoms with E-state index in [4.69, 9.17) is 0 Å². The molecule has 0 bridgehead atoms. The van der Waals surface area contributed by atoms with E-state index in [9.17, 15) is 9.90 Å². The lowest BCUT2D eigenvalue weighted by Gasteiger charge is -2.24. The number of phenols is 1. The van der Waals surface area contributed by atoms with Gasteiger partial charge in [-0.05, 0) is 42.9 Å². The lowest BCUT2D eigenvalue weighted by atomic mass is 9.84. The molecule has 1 heterocycles. The largest absolute Gasteiger partial charge is 0.508 e. The third-order valence-corrected chi connectivity index (χ3v) is 4.57. The number of carbonyl (C=O) groups excluding carboxylic acids is 1. The van der Waals surface area contributed by atoms with Gasteiger partial charge in [-0.15, -0.1) is 0 Å². The van der Waals surface area contributed by atoms with Crippen molar-refractivity contribution in [1.29, 1.82) is 0 Å². The summed E-state index contributed by atoms with van der Waals surface area (Å²) in [6, 6.07) is 7.56. The quantitative estimate of drug-likeness (QED) is 0.876. The second-order valence-electron chi connectivity index (χ2n) is 5.92. The summed E-state index contributed by atoms with van der Waals surface area (Å²) in [4.78, 5) is 12.3. The molecule has 0 spiro atoms. The topological polar surface area (TPSA) is 49.3 Å². The summed E-state index contributed by atoms with van der Waals surface area (Å²) in [6.07, 6.45) is 6.61. The minimum absolute atomic E-state index is 0.0434. The summed E-state index contributed by atoms with van der Waals surface area (Å²) in [5.74, 6) is 1.25. The molecule has 3 unspecified atom stereocenters. The summed E-state index contributed by atoms with van der Waals surface area (Å²) in [5.41, 5.74) is 0.986. The average molecular weight is 259 g/mol. The summed E-state index contributed by atoms with van der Waals surface area (Å²) < 4.78 is 0. The Kier molecular flexibility index (Phi) is 3.56. The molecule has 2 aliphatic rings. The summed E-state index contributed by atoms with van der Waals surface area (Å²) in [6.45, 7) is 0. The third kappa shape index (κ3) is 2.81. The molecule has 0 amide bonds. The maximum atomic E-state index is 12.3. The highest BCUT2D eigenvalue weighted by Crippen LogP contribution is 2.33. The number of aromatic hydroxyl groups is 1. The molecule has 102 valence electrons. The zero-order valence-electron chi connectivity index (χ0n) is 11.1. The predicted molar refractivity (Wildman–Crippen MR) is 74.1 cm³/mol. The lowest BCUT2D eigenvalue weighted by Crippen LogP contribution is -2.37. The number of hydrogen-bond acceptors (Lipinski definition) is 3. The summed E-state index contributed by atoms with van der Waals surface area (Å²) >= 11 is 0. The maximum absolute atomic E-state index is 12.3. The van der Waals surface area contributed by atoms with Crippen LogP contribution >= 0.6 is 0 Å². The second kappa shape index (κ2) is 5.33. The van der Waals surface area contributed by atoms with Crippen LogP contribution in [-0.2, 0) is 11.2 Å². The first-order chi connectivity index (χ1) is 9.22. The van der Waals surface area contributed by atoms with Gasteiger partial charge in [0.25, 0.3) is 0 Å². The van der Waals surface area contributed by atoms with Crippen molar-refractivity contribution in [2.75, 3.05) is 0 Å². The number of hydrogen-bond donors (Lipinski definition) is 2. The van der Waals surface area contributed by atoms with Crippen LogP contribution in [0.4, 0.5) is 0 Å². The van der Waals surface area contributed by atoms with Crippen molar-refractivity contribution in [2.24, 2.45) is 5.92 Å². The molecule has 2 N–H and O–H groups in total. The Balaban J connectivity index is 1.60. The number of carbonyl (C=O) groups is 1. The summed E-state index contributed by atoms with van der Waals surface area (Å²) in [7, 11) is 0. The van der Waals surface area contributed by atoms with Crippen LogP contribution in [0, 0.1) is 5.92 Å². The first-order valence-corrected chi connectivity index (χ1v) is 7.29. The van der Waals surface area contributed by atoms with Crippen molar-refractivity contribution in [1.82, 2.24) is 5.32 Å². The Hall–Kier alpha value is -1.35. The van der Waals surface area contributed by atoms with Gasteiger partial charge in [0, 0.05) is 12.5 Å². The zero-order valence-corrected chi connectivity index (χ0v) is 11.1. The van der Waals surface area contributed by atoms with Crippen LogP contribution in [-0.4, -0.2) is 23.0 Å². The van der Waals surface area contributed by atoms with E-state index in [1.54, 1.807) is 12.1 Å². The van der Waals surface area contributed by atoms with Crippen molar-refractivity contribution in [3.63, 3.8) is 0 Å². The van der Waals surface area contributed by atoms with E-state index >= 15 is 0 Å². The molecular weight excluding hydrogens is 238 g/mol. The Labute approximate surface area is 114 Å². The van der Waals surface area contributed by atoms with Crippen molar-refractivity contribution in [3.8, 4) is 5.75 Å². The van der Waals surface area contributed by atoms with E-state index in [-0.39, 0.29) is 11.8 Å². The van der Waals surface area contributed by atoms with Crippen molar-refractivity contribution in [3.05, 3.63) is 29.8 Å². The van der Waals surface area contributed by atoms with Gasteiger partial charge in [-0.1, -0.05) is 25.0 Å². The fourth-order valence-corrected chi connectivity index (χ4v) is 3.50. The second-order valence-corrected chi connectivity index (χ2v) is 5.92. The van der Waals surface area contributed by atoms with E-state index < -0.39 is 0 Å². The lowest BCUT2D eigenvalue weighted by molar-refractivity contribution is -0.120. The van der Waals surface area contributed by atoms with Gasteiger partial charge in [0.2, 0.25) is 0 Å². The number of benzene rings is 1. The van der Waals surface area contributed by atoms with Crippen LogP contribution in [0.15, 0.2) is 24.3 Å². The number of rotatable bonds is 3. The molecule has 3 heteroatoms. The Morgan fingerprint density at radius 2 is 1.95 bits per heavy atom. The molecule has 3 atom stereocenters. The molecule has 0 radical (unpaired) electrons. The smallest absolute Gasteiger partial charge is 0.154 e. The Morgan fingerprint density at radius 3 is 2.68 bits per heavy atom. The number of nitrogens with one attached hydrogen (secondary N) is 1. The highest BCUT2D eigenvalue weighted by Gasteiger charge is 2.37. The predicted octanol–water partition coefficient (Wildman–Crippen LogP) is 2.42. The van der Waals surface area contributed by atoms with E-state index in [2.05, 4.69) is 5.32 Å². The average Bonchev–Trinajstić information content (AvgIpc) is 2.85. The fourth-order valence-electron chi connectivity index (χ4n) is 3.50. The first kappa shape index (κ1) is 12.7. The molecule has 1 aromatic rings. The van der Waals surface area contributed by atoms with Gasteiger partial charge in [-0.25, -0.2) is 0 Å². The first-order valence-electron chi connectivity index (χ1n) is 7.29. The van der Waals surface area contributed by atoms with Crippen LogP contribution < -0.4 is 5.32 Å². The van der Waals surface area contributed by atoms with Gasteiger partial charge in [0.05, 0.1) is 6.04 Å². The van der Waals surface area contributed by atoms with Gasteiger partial charge < -0.3 is 10.4 Å². The number of ketones is 1. The van der Waals surface area contributed by atoms with Crippen LogP contribution in [0.25, 0.3) is 0 Å². The molecule has 1 saturated heterocycles. The monoisotopic (exact) mass is 259 g/mol. The maximum Gasteiger partial charge on any atom is 0.154 e. The SMILES string of the molecule is O=C(Cc1ccc(O)cc1)C1CC2CCCCC2N1. The van der Waals surface area contributed by atoms with Crippen LogP contribution in [0.3, 0.4) is 0 Å². The van der Waals surface area contributed by atoms with Gasteiger partial charge >= 0.3 is 0 Å². The molecule has 2 fully saturated rings. The minimum Gasteiger partial charge on any atom is -0.508 e. The van der Waals surface area contributed by atoms with E-state index in [0.717, 1.165) is 12.0 Å². The van der Waals surface area contributed by atoms with Crippen LogP contribution in [0.1, 0.15) is 37.7 Å². The van der Waals surface area contributed by atoms with Crippen molar-refractivity contribution < 1.29 is 9.90 Å². The van der Waals surface area contributed by atoms with E-state index in [0.29, 0.717) is 24.2 Å². The van der Waals surface area contributed by atoms with Gasteiger partial charge in [0.1, 0.15) is 5.75 Å². The minimum atomic E-state index is 0.0434. The molecular formula is C16H21NO2. The normalized spacial score (nSPS) is 30.0. The highest BCUT2D eigenvalue weighted by molar-refractivity contribution is 5.86. The van der Waals surface area contributed by atoms with Crippen LogP contribution in [0.2, 0.25) is 0 Å². The standard InChI is InChI=1S/C16H21NO2/c18-13-7-5-11(6-8-13)9-16(19)15-10-12-3-1-2-4-14(12)17-15/h5-8,12,14-15,17-18H,1-4,9-10H2. The zero-order chi connectivity index (χ0) is 13.2. The molecule has 0 aromatic heterocycles.